The van der Waals surface area contributed by atoms with Crippen molar-refractivity contribution in [1.82, 2.24) is 20.5 Å². The zero-order valence-corrected chi connectivity index (χ0v) is 15.2. The molecule has 8 nitrogen and oxygen atoms in total. The van der Waals surface area contributed by atoms with E-state index in [1.165, 1.54) is 13.3 Å². The zero-order valence-electron chi connectivity index (χ0n) is 15.2. The standard InChI is InChI=1S/C19H23N5O3/c1-27-17(25)14-10-6-3-7-11-15(14)22-19(26)23-18-21-16(12-20-24-18)13-8-4-2-5-9-13/h2,4-5,8-9,12,14-15H,3,6-7,10-11H2,1H3,(H2,21,22,23,24,26). The Morgan fingerprint density at radius 3 is 2.67 bits per heavy atom. The van der Waals surface area contributed by atoms with Crippen LogP contribution in [-0.4, -0.2) is 40.3 Å². The third-order valence-electron chi connectivity index (χ3n) is 4.69. The van der Waals surface area contributed by atoms with Crippen LogP contribution in [0.25, 0.3) is 11.3 Å². The predicted octanol–water partition coefficient (Wildman–Crippen LogP) is 2.78. The number of benzene rings is 1. The highest BCUT2D eigenvalue weighted by Gasteiger charge is 2.31. The van der Waals surface area contributed by atoms with E-state index in [2.05, 4.69) is 25.8 Å². The maximum atomic E-state index is 12.4. The molecule has 0 bridgehead atoms. The Morgan fingerprint density at radius 2 is 1.89 bits per heavy atom. The molecule has 142 valence electrons. The summed E-state index contributed by atoms with van der Waals surface area (Å²) in [4.78, 5) is 28.8. The van der Waals surface area contributed by atoms with E-state index >= 15 is 0 Å². The lowest BCUT2D eigenvalue weighted by Gasteiger charge is -2.24. The number of hydrogen-bond donors (Lipinski definition) is 2. The van der Waals surface area contributed by atoms with Gasteiger partial charge < -0.3 is 10.1 Å². The van der Waals surface area contributed by atoms with Crippen molar-refractivity contribution in [1.29, 1.82) is 0 Å². The average Bonchev–Trinajstić information content (AvgIpc) is 2.93. The fraction of sp³-hybridized carbons (Fsp3) is 0.421. The van der Waals surface area contributed by atoms with E-state index in [-0.39, 0.29) is 23.9 Å². The monoisotopic (exact) mass is 369 g/mol. The highest BCUT2D eigenvalue weighted by Crippen LogP contribution is 2.24. The number of esters is 1. The van der Waals surface area contributed by atoms with Crippen LogP contribution in [0.5, 0.6) is 0 Å². The molecule has 2 aromatic rings. The van der Waals surface area contributed by atoms with Gasteiger partial charge >= 0.3 is 12.0 Å². The molecule has 0 saturated heterocycles. The van der Waals surface area contributed by atoms with Gasteiger partial charge in [-0.05, 0) is 12.8 Å². The van der Waals surface area contributed by atoms with Crippen LogP contribution < -0.4 is 10.6 Å². The molecule has 2 unspecified atom stereocenters. The second-order valence-electron chi connectivity index (χ2n) is 6.50. The SMILES string of the molecule is COC(=O)C1CCCCCC1NC(=O)Nc1nncc(-c2ccccc2)n1. The van der Waals surface area contributed by atoms with Crippen molar-refractivity contribution in [2.45, 2.75) is 38.1 Å². The summed E-state index contributed by atoms with van der Waals surface area (Å²) in [5, 5.41) is 13.2. The minimum Gasteiger partial charge on any atom is -0.469 e. The lowest BCUT2D eigenvalue weighted by Crippen LogP contribution is -2.45. The van der Waals surface area contributed by atoms with E-state index in [0.717, 1.165) is 31.2 Å². The van der Waals surface area contributed by atoms with Crippen molar-refractivity contribution < 1.29 is 14.3 Å². The Hall–Kier alpha value is -3.03. The number of nitrogens with one attached hydrogen (secondary N) is 2. The van der Waals surface area contributed by atoms with Gasteiger partial charge in [0.15, 0.2) is 0 Å². The summed E-state index contributed by atoms with van der Waals surface area (Å²) in [6.07, 6.45) is 5.93. The molecule has 1 aromatic carbocycles. The van der Waals surface area contributed by atoms with Crippen molar-refractivity contribution in [3.63, 3.8) is 0 Å². The van der Waals surface area contributed by atoms with Crippen LogP contribution >= 0.6 is 0 Å². The van der Waals surface area contributed by atoms with Gasteiger partial charge in [0.2, 0.25) is 0 Å². The molecule has 1 fully saturated rings. The number of carbonyl (C=O) groups is 2. The molecule has 0 aliphatic heterocycles. The number of methoxy groups -OCH3 is 1. The zero-order chi connectivity index (χ0) is 19.1. The molecule has 0 spiro atoms. The van der Waals surface area contributed by atoms with Crippen molar-refractivity contribution >= 4 is 17.9 Å². The van der Waals surface area contributed by atoms with Gasteiger partial charge in [-0.3, -0.25) is 10.1 Å². The van der Waals surface area contributed by atoms with Crippen LogP contribution in [0.1, 0.15) is 32.1 Å². The molecule has 3 rings (SSSR count). The first kappa shape index (κ1) is 18.8. The minimum atomic E-state index is -0.456. The third-order valence-corrected chi connectivity index (χ3v) is 4.69. The minimum absolute atomic E-state index is 0.108. The smallest absolute Gasteiger partial charge is 0.321 e. The predicted molar refractivity (Wildman–Crippen MR) is 99.8 cm³/mol. The summed E-state index contributed by atoms with van der Waals surface area (Å²) in [6, 6.07) is 8.79. The molecule has 1 saturated carbocycles. The van der Waals surface area contributed by atoms with Crippen molar-refractivity contribution in [2.24, 2.45) is 5.92 Å². The van der Waals surface area contributed by atoms with Gasteiger partial charge in [-0.15, -0.1) is 5.10 Å². The van der Waals surface area contributed by atoms with Gasteiger partial charge in [-0.2, -0.15) is 5.10 Å². The number of anilines is 1. The van der Waals surface area contributed by atoms with Crippen LogP contribution in [0.3, 0.4) is 0 Å². The second-order valence-corrected chi connectivity index (χ2v) is 6.50. The van der Waals surface area contributed by atoms with Crippen LogP contribution in [-0.2, 0) is 9.53 Å². The number of aromatic nitrogens is 3. The Labute approximate surface area is 157 Å². The fourth-order valence-electron chi connectivity index (χ4n) is 3.32. The molecule has 0 radical (unpaired) electrons. The Kier molecular flexibility index (Phi) is 6.30. The van der Waals surface area contributed by atoms with E-state index in [0.29, 0.717) is 12.1 Å². The Bertz CT molecular complexity index is 784. The maximum Gasteiger partial charge on any atom is 0.321 e. The summed E-state index contributed by atoms with van der Waals surface area (Å²) in [5.74, 6) is -0.513. The number of ether oxygens (including phenoxy) is 1. The second kappa shape index (κ2) is 9.07. The van der Waals surface area contributed by atoms with Gasteiger partial charge in [0, 0.05) is 11.6 Å². The van der Waals surface area contributed by atoms with E-state index in [9.17, 15) is 9.59 Å². The Morgan fingerprint density at radius 1 is 1.11 bits per heavy atom. The van der Waals surface area contributed by atoms with Crippen LogP contribution in [0, 0.1) is 5.92 Å². The molecule has 2 amide bonds. The van der Waals surface area contributed by atoms with Crippen molar-refractivity contribution in [3.05, 3.63) is 36.5 Å². The molecule has 1 aliphatic rings. The highest BCUT2D eigenvalue weighted by atomic mass is 16.5. The number of rotatable bonds is 4. The molecular formula is C19H23N5O3. The lowest BCUT2D eigenvalue weighted by atomic mass is 9.95. The van der Waals surface area contributed by atoms with Crippen LogP contribution in [0.4, 0.5) is 10.7 Å². The molecule has 1 heterocycles. The van der Waals surface area contributed by atoms with Gasteiger partial charge in [-0.1, -0.05) is 49.6 Å². The normalized spacial score (nSPS) is 19.6. The molecule has 2 atom stereocenters. The summed E-state index contributed by atoms with van der Waals surface area (Å²) in [5.41, 5.74) is 1.49. The van der Waals surface area contributed by atoms with E-state index in [1.54, 1.807) is 0 Å². The van der Waals surface area contributed by atoms with Crippen molar-refractivity contribution in [2.75, 3.05) is 12.4 Å². The highest BCUT2D eigenvalue weighted by molar-refractivity contribution is 5.88. The molecule has 8 heteroatoms. The van der Waals surface area contributed by atoms with Crippen LogP contribution in [0.2, 0.25) is 0 Å². The van der Waals surface area contributed by atoms with E-state index in [4.69, 9.17) is 4.74 Å². The summed E-state index contributed by atoms with van der Waals surface area (Å²) in [6.45, 7) is 0. The summed E-state index contributed by atoms with van der Waals surface area (Å²) in [7, 11) is 1.37. The van der Waals surface area contributed by atoms with Gasteiger partial charge in [0.25, 0.3) is 5.95 Å². The number of hydrogen-bond acceptors (Lipinski definition) is 6. The largest absolute Gasteiger partial charge is 0.469 e. The number of amides is 2. The van der Waals surface area contributed by atoms with Gasteiger partial charge in [0.1, 0.15) is 0 Å². The third kappa shape index (κ3) is 4.99. The molecule has 27 heavy (non-hydrogen) atoms. The molecule has 1 aliphatic carbocycles. The molecular weight excluding hydrogens is 346 g/mol. The number of urea groups is 1. The molecule has 2 N–H and O–H groups in total. The number of carbonyl (C=O) groups excluding carboxylic acids is 2. The van der Waals surface area contributed by atoms with Gasteiger partial charge in [-0.25, -0.2) is 9.78 Å². The van der Waals surface area contributed by atoms with Crippen molar-refractivity contribution in [3.8, 4) is 11.3 Å². The van der Waals surface area contributed by atoms with E-state index < -0.39 is 6.03 Å². The fourth-order valence-corrected chi connectivity index (χ4v) is 3.32. The van der Waals surface area contributed by atoms with Gasteiger partial charge in [0.05, 0.1) is 24.9 Å². The Balaban J connectivity index is 1.67. The lowest BCUT2D eigenvalue weighted by molar-refractivity contribution is -0.146. The first-order chi connectivity index (χ1) is 13.2. The molecule has 1 aromatic heterocycles. The van der Waals surface area contributed by atoms with E-state index in [1.807, 2.05) is 30.3 Å². The first-order valence-electron chi connectivity index (χ1n) is 9.08. The maximum absolute atomic E-state index is 12.4. The first-order valence-corrected chi connectivity index (χ1v) is 9.08. The topological polar surface area (TPSA) is 106 Å². The quantitative estimate of drug-likeness (QED) is 0.634. The summed E-state index contributed by atoms with van der Waals surface area (Å²) < 4.78 is 4.89. The number of nitrogens with zero attached hydrogens (tertiary/aromatic N) is 3. The summed E-state index contributed by atoms with van der Waals surface area (Å²) >= 11 is 0. The average molecular weight is 369 g/mol. The van der Waals surface area contributed by atoms with Crippen LogP contribution in [0.15, 0.2) is 36.5 Å².